The molecule has 0 aliphatic carbocycles. The van der Waals surface area contributed by atoms with Crippen LogP contribution in [0.25, 0.3) is 11.3 Å². The lowest BCUT2D eigenvalue weighted by molar-refractivity contribution is -0.118. The zero-order chi connectivity index (χ0) is 19.4. The van der Waals surface area contributed by atoms with Crippen LogP contribution >= 0.6 is 23.2 Å². The van der Waals surface area contributed by atoms with E-state index >= 15 is 0 Å². The van der Waals surface area contributed by atoms with E-state index in [9.17, 15) is 4.79 Å². The maximum Gasteiger partial charge on any atom is 0.263 e. The predicted molar refractivity (Wildman–Crippen MR) is 102 cm³/mol. The zero-order valence-corrected chi connectivity index (χ0v) is 16.0. The van der Waals surface area contributed by atoms with Crippen molar-refractivity contribution < 1.29 is 18.9 Å². The number of aromatic nitrogens is 2. The van der Waals surface area contributed by atoms with Crippen molar-refractivity contribution in [2.75, 3.05) is 19.0 Å². The monoisotopic (exact) mass is 407 g/mol. The van der Waals surface area contributed by atoms with Gasteiger partial charge in [-0.1, -0.05) is 23.2 Å². The van der Waals surface area contributed by atoms with E-state index in [1.165, 1.54) is 6.07 Å². The number of ether oxygens (including phenoxy) is 2. The number of nitrogens with one attached hydrogen (secondary N) is 1. The van der Waals surface area contributed by atoms with E-state index in [4.69, 9.17) is 37.3 Å². The van der Waals surface area contributed by atoms with Crippen LogP contribution < -0.4 is 14.8 Å². The molecule has 9 heteroatoms. The molecule has 0 saturated heterocycles. The van der Waals surface area contributed by atoms with E-state index in [2.05, 4.69) is 15.6 Å². The topological polar surface area (TPSA) is 86.5 Å². The first-order valence-corrected chi connectivity index (χ1v) is 8.59. The van der Waals surface area contributed by atoms with Crippen LogP contribution in [0.4, 0.5) is 5.82 Å². The summed E-state index contributed by atoms with van der Waals surface area (Å²) in [5, 5.41) is 11.0. The number of rotatable bonds is 6. The van der Waals surface area contributed by atoms with Crippen molar-refractivity contribution in [1.82, 2.24) is 10.3 Å². The summed E-state index contributed by atoms with van der Waals surface area (Å²) >= 11 is 11.8. The standard InChI is InChI=1S/C18H15Cl2N3O4/c1-10-7-12(25-2)4-5-13(10)17-18(23-27-22-17)21-16(24)9-26-15-6-3-11(19)8-14(15)20/h3-8H,9H2,1-2H3,(H,21,23,24). The lowest BCUT2D eigenvalue weighted by Crippen LogP contribution is -2.20. The molecule has 7 nitrogen and oxygen atoms in total. The Labute approximate surface area is 165 Å². The Morgan fingerprint density at radius 3 is 2.70 bits per heavy atom. The molecule has 140 valence electrons. The summed E-state index contributed by atoms with van der Waals surface area (Å²) in [5.74, 6) is 0.815. The molecule has 0 saturated carbocycles. The second-order valence-electron chi connectivity index (χ2n) is 5.55. The molecule has 0 radical (unpaired) electrons. The summed E-state index contributed by atoms with van der Waals surface area (Å²) in [6.07, 6.45) is 0. The van der Waals surface area contributed by atoms with Crippen LogP contribution in [-0.2, 0) is 4.79 Å². The minimum atomic E-state index is -0.441. The Bertz CT molecular complexity index is 975. The molecule has 1 heterocycles. The summed E-state index contributed by atoms with van der Waals surface area (Å²) in [6, 6.07) is 10.2. The van der Waals surface area contributed by atoms with Crippen molar-refractivity contribution in [2.24, 2.45) is 0 Å². The van der Waals surface area contributed by atoms with Crippen LogP contribution in [0.5, 0.6) is 11.5 Å². The highest BCUT2D eigenvalue weighted by Gasteiger charge is 2.17. The van der Waals surface area contributed by atoms with E-state index in [1.807, 2.05) is 19.1 Å². The van der Waals surface area contributed by atoms with Gasteiger partial charge < -0.3 is 14.8 Å². The van der Waals surface area contributed by atoms with Crippen molar-refractivity contribution in [3.8, 4) is 22.8 Å². The largest absolute Gasteiger partial charge is 0.497 e. The molecule has 3 rings (SSSR count). The fourth-order valence-corrected chi connectivity index (χ4v) is 2.84. The van der Waals surface area contributed by atoms with Crippen LogP contribution in [-0.4, -0.2) is 29.9 Å². The Kier molecular flexibility index (Phi) is 5.83. The minimum Gasteiger partial charge on any atom is -0.497 e. The number of benzene rings is 2. The number of hydrogen-bond acceptors (Lipinski definition) is 6. The van der Waals surface area contributed by atoms with E-state index in [1.54, 1.807) is 25.3 Å². The van der Waals surface area contributed by atoms with Gasteiger partial charge in [-0.25, -0.2) is 4.63 Å². The molecule has 3 aromatic rings. The normalized spacial score (nSPS) is 10.5. The summed E-state index contributed by atoms with van der Waals surface area (Å²) in [5.41, 5.74) is 2.06. The first-order valence-electron chi connectivity index (χ1n) is 7.83. The Morgan fingerprint density at radius 2 is 2.00 bits per heavy atom. The van der Waals surface area contributed by atoms with Gasteiger partial charge in [0.05, 0.1) is 12.1 Å². The van der Waals surface area contributed by atoms with Gasteiger partial charge in [0, 0.05) is 10.6 Å². The second-order valence-corrected chi connectivity index (χ2v) is 6.40. The number of methoxy groups -OCH3 is 1. The van der Waals surface area contributed by atoms with E-state index in [-0.39, 0.29) is 12.4 Å². The van der Waals surface area contributed by atoms with Crippen molar-refractivity contribution in [3.05, 3.63) is 52.0 Å². The number of nitrogens with zero attached hydrogens (tertiary/aromatic N) is 2. The van der Waals surface area contributed by atoms with Crippen LogP contribution in [0.1, 0.15) is 5.56 Å². The number of hydrogen-bond donors (Lipinski definition) is 1. The molecule has 0 bridgehead atoms. The number of halogens is 2. The van der Waals surface area contributed by atoms with Crippen molar-refractivity contribution in [3.63, 3.8) is 0 Å². The van der Waals surface area contributed by atoms with E-state index < -0.39 is 5.91 Å². The first kappa shape index (κ1) is 19.0. The highest BCUT2D eigenvalue weighted by Crippen LogP contribution is 2.30. The smallest absolute Gasteiger partial charge is 0.263 e. The van der Waals surface area contributed by atoms with Gasteiger partial charge in [0.1, 0.15) is 11.5 Å². The van der Waals surface area contributed by atoms with E-state index in [0.717, 1.165) is 11.1 Å². The Balaban J connectivity index is 1.70. The summed E-state index contributed by atoms with van der Waals surface area (Å²) in [7, 11) is 1.59. The highest BCUT2D eigenvalue weighted by molar-refractivity contribution is 6.35. The van der Waals surface area contributed by atoms with Crippen LogP contribution in [0.3, 0.4) is 0 Å². The molecule has 0 aliphatic rings. The van der Waals surface area contributed by atoms with Crippen molar-refractivity contribution >= 4 is 34.9 Å². The Morgan fingerprint density at radius 1 is 1.19 bits per heavy atom. The molecule has 0 spiro atoms. The lowest BCUT2D eigenvalue weighted by Gasteiger charge is -2.09. The SMILES string of the molecule is COc1ccc(-c2nonc2NC(=O)COc2ccc(Cl)cc2Cl)c(C)c1. The third-order valence-corrected chi connectivity index (χ3v) is 4.22. The summed E-state index contributed by atoms with van der Waals surface area (Å²) < 4.78 is 15.4. The maximum absolute atomic E-state index is 12.2. The third-order valence-electron chi connectivity index (χ3n) is 3.69. The van der Waals surface area contributed by atoms with Gasteiger partial charge in [0.25, 0.3) is 5.91 Å². The Hall–Kier alpha value is -2.77. The lowest BCUT2D eigenvalue weighted by atomic mass is 10.1. The molecule has 0 atom stereocenters. The zero-order valence-electron chi connectivity index (χ0n) is 14.5. The molecular weight excluding hydrogens is 393 g/mol. The van der Waals surface area contributed by atoms with Crippen molar-refractivity contribution in [1.29, 1.82) is 0 Å². The predicted octanol–water partition coefficient (Wildman–Crippen LogP) is 4.38. The molecule has 1 N–H and O–H groups in total. The van der Waals surface area contributed by atoms with Gasteiger partial charge in [0.2, 0.25) is 5.82 Å². The average Bonchev–Trinajstić information content (AvgIpc) is 3.08. The van der Waals surface area contributed by atoms with Gasteiger partial charge in [0.15, 0.2) is 12.3 Å². The van der Waals surface area contributed by atoms with Gasteiger partial charge in [-0.2, -0.15) is 0 Å². The number of amides is 1. The summed E-state index contributed by atoms with van der Waals surface area (Å²) in [6.45, 7) is 1.62. The fourth-order valence-electron chi connectivity index (χ4n) is 2.38. The van der Waals surface area contributed by atoms with Crippen LogP contribution in [0, 0.1) is 6.92 Å². The number of carbonyl (C=O) groups excluding carboxylic acids is 1. The first-order chi connectivity index (χ1) is 13.0. The molecule has 0 unspecified atom stereocenters. The molecule has 1 aromatic heterocycles. The molecule has 27 heavy (non-hydrogen) atoms. The molecule has 0 fully saturated rings. The van der Waals surface area contributed by atoms with Crippen LogP contribution in [0.15, 0.2) is 41.0 Å². The van der Waals surface area contributed by atoms with Gasteiger partial charge >= 0.3 is 0 Å². The maximum atomic E-state index is 12.2. The minimum absolute atomic E-state index is 0.194. The number of carbonyl (C=O) groups is 1. The fraction of sp³-hybridized carbons (Fsp3) is 0.167. The third kappa shape index (κ3) is 4.50. The molecule has 1 amide bonds. The average molecular weight is 408 g/mol. The quantitative estimate of drug-likeness (QED) is 0.652. The molecule has 0 aliphatic heterocycles. The number of anilines is 1. The number of aryl methyl sites for hydroxylation is 1. The highest BCUT2D eigenvalue weighted by atomic mass is 35.5. The van der Waals surface area contributed by atoms with Gasteiger partial charge in [-0.3, -0.25) is 4.79 Å². The van der Waals surface area contributed by atoms with Gasteiger partial charge in [-0.05, 0) is 59.2 Å². The molecule has 2 aromatic carbocycles. The van der Waals surface area contributed by atoms with Crippen LogP contribution in [0.2, 0.25) is 10.0 Å². The van der Waals surface area contributed by atoms with Gasteiger partial charge in [-0.15, -0.1) is 0 Å². The van der Waals surface area contributed by atoms with E-state index in [0.29, 0.717) is 27.2 Å². The second kappa shape index (κ2) is 8.28. The molecular formula is C18H15Cl2N3O4. The summed E-state index contributed by atoms with van der Waals surface area (Å²) in [4.78, 5) is 12.2. The van der Waals surface area contributed by atoms with Crippen molar-refractivity contribution in [2.45, 2.75) is 6.92 Å².